The number of rotatable bonds is 46. The molecule has 0 unspecified atom stereocenters. The Morgan fingerprint density at radius 3 is 0.704 bits per heavy atom. The van der Waals surface area contributed by atoms with Crippen molar-refractivity contribution >= 4 is 59.7 Å². The third-order valence-electron chi connectivity index (χ3n) is 18.0. The Morgan fingerprint density at radius 1 is 0.225 bits per heavy atom. The standard InChI is InChI=1S/C14H29NO2.3C12H25NO2.3C11H23NO2.2C10H21NO2.C9H19NO2/c1-7-9-12(10-8-2)17-13(16)11(3)15-14(4,5)6;1-9(13-12(5,6)7)10(14)15-8-11(2,3)4;1-8(2)7-11(13-9(3)4)12(14)15-10(5)6;1-7-8-10(13-12(4,5)6)11(14)15-9(2)3;2*1-7-8(2)14-10(13)9(3)12-11(4,5)6;1-6-10(7-2)14-11(13)9(5)12-8(3)4;1-7(2)13-9(12)8(3)11-10(4,5)6;1-6-9(11-7(2)3)10(12)13-8(4)5;1-6-12-8(11)7(2)10-9(3,4)5/h11-12,15H,7-10H2,1-6H3;9,13H,8H2,1-7H3;8-11,13H,7H2,1-6H3;9-10,13H,7-8H2,1-6H3;2*8-9,12H,7H2,1-6H3;8-10,12H,6-7H2,1-5H3;7-8,11H,1-6H3;7-9,11H,6H2,1-5H3;7,10H,6H2,1-5H3/t11-;9-;11-;10-;8-,9+;8-,9-;9-;8-;9-;7-/m0000100000/s1. The van der Waals surface area contributed by atoms with Gasteiger partial charge < -0.3 is 63.3 Å². The second-order valence-corrected chi connectivity index (χ2v) is 47.9. The van der Waals surface area contributed by atoms with Gasteiger partial charge in [0.15, 0.2) is 0 Å². The average Bonchev–Trinajstić information content (AvgIpc) is 0.925. The Hall–Kier alpha value is -5.70. The number of hydrogen-bond acceptors (Lipinski definition) is 30. The third-order valence-corrected chi connectivity index (χ3v) is 18.0. The Balaban J connectivity index is -0.000000171. The number of carbonyl (C=O) groups excluding carboxylic acids is 10. The van der Waals surface area contributed by atoms with E-state index in [-0.39, 0.29) is 213 Å². The number of ether oxygens (including phenoxy) is 10. The highest BCUT2D eigenvalue weighted by molar-refractivity contribution is 5.79. The van der Waals surface area contributed by atoms with Crippen molar-refractivity contribution in [2.75, 3.05) is 13.2 Å². The zero-order valence-corrected chi connectivity index (χ0v) is 103. The molecule has 0 heterocycles. The molecule has 0 amide bonds. The lowest BCUT2D eigenvalue weighted by atomic mass is 9.99. The van der Waals surface area contributed by atoms with Crippen LogP contribution in [0.1, 0.15) is 479 Å². The lowest BCUT2D eigenvalue weighted by molar-refractivity contribution is -0.153. The molecular weight excluding hydrogens is 1810 g/mol. The van der Waals surface area contributed by atoms with Gasteiger partial charge in [-0.05, 0) is 339 Å². The smallest absolute Gasteiger partial charge is 0.323 e. The van der Waals surface area contributed by atoms with Gasteiger partial charge in [-0.2, -0.15) is 0 Å². The molecule has 0 aromatic carbocycles. The quantitative estimate of drug-likeness (QED) is 0.0200. The minimum absolute atomic E-state index is 0.00622. The van der Waals surface area contributed by atoms with E-state index in [0.717, 1.165) is 77.0 Å². The number of nitrogens with one attached hydrogen (secondary N) is 10. The van der Waals surface area contributed by atoms with E-state index in [1.165, 1.54) is 0 Å². The summed E-state index contributed by atoms with van der Waals surface area (Å²) in [6, 6.07) is -1.29. The zero-order valence-electron chi connectivity index (χ0n) is 103. The van der Waals surface area contributed by atoms with Gasteiger partial charge in [0.1, 0.15) is 72.6 Å². The molecule has 0 radical (unpaired) electrons. The number of carbonyl (C=O) groups is 10. The highest BCUT2D eigenvalue weighted by Gasteiger charge is 2.31. The topological polar surface area (TPSA) is 383 Å². The molecule has 0 aliphatic heterocycles. The molecule has 10 N–H and O–H groups in total. The van der Waals surface area contributed by atoms with Gasteiger partial charge >= 0.3 is 59.7 Å². The van der Waals surface area contributed by atoms with Crippen LogP contribution in [0.3, 0.4) is 0 Å². The summed E-state index contributed by atoms with van der Waals surface area (Å²) in [5.41, 5.74) is -0.403. The fourth-order valence-corrected chi connectivity index (χ4v) is 12.4. The first-order chi connectivity index (χ1) is 64.0. The molecule has 0 aliphatic carbocycles. The molecule has 30 heteroatoms. The van der Waals surface area contributed by atoms with Crippen molar-refractivity contribution in [3.05, 3.63) is 0 Å². The first-order valence-electron chi connectivity index (χ1n) is 53.7. The van der Waals surface area contributed by atoms with E-state index in [2.05, 4.69) is 109 Å². The Kier molecular flexibility index (Phi) is 90.5. The lowest BCUT2D eigenvalue weighted by Gasteiger charge is -2.27. The van der Waals surface area contributed by atoms with Crippen LogP contribution in [0, 0.1) is 11.3 Å². The van der Waals surface area contributed by atoms with Gasteiger partial charge in [0.25, 0.3) is 0 Å². The van der Waals surface area contributed by atoms with Crippen molar-refractivity contribution in [1.82, 2.24) is 53.2 Å². The summed E-state index contributed by atoms with van der Waals surface area (Å²) in [5.74, 6) is -1.11. The van der Waals surface area contributed by atoms with Gasteiger partial charge in [0.2, 0.25) is 0 Å². The highest BCUT2D eigenvalue weighted by atomic mass is 16.6. The van der Waals surface area contributed by atoms with Gasteiger partial charge in [-0.25, -0.2) is 0 Å². The second kappa shape index (κ2) is 82.2. The maximum Gasteiger partial charge on any atom is 0.323 e. The highest BCUT2D eigenvalue weighted by Crippen LogP contribution is 2.18. The molecule has 0 spiro atoms. The summed E-state index contributed by atoms with van der Waals surface area (Å²) in [6.45, 7) is 116. The first-order valence-corrected chi connectivity index (χ1v) is 53.7. The van der Waals surface area contributed by atoms with Crippen molar-refractivity contribution in [1.29, 1.82) is 0 Å². The summed E-state index contributed by atoms with van der Waals surface area (Å²) in [5, 5.41) is 31.9. The van der Waals surface area contributed by atoms with Crippen LogP contribution in [0.5, 0.6) is 0 Å². The molecule has 142 heavy (non-hydrogen) atoms. The Morgan fingerprint density at radius 2 is 0.465 bits per heavy atom. The van der Waals surface area contributed by atoms with E-state index in [4.69, 9.17) is 47.4 Å². The van der Waals surface area contributed by atoms with Crippen molar-refractivity contribution in [3.8, 4) is 0 Å². The molecular formula is C112H234N10O20. The fraction of sp³-hybridized carbons (Fsp3) is 0.911. The summed E-state index contributed by atoms with van der Waals surface area (Å²) < 4.78 is 51.9. The third kappa shape index (κ3) is 113. The molecule has 0 aromatic rings. The largest absolute Gasteiger partial charge is 0.465 e. The molecule has 30 nitrogen and oxygen atoms in total. The first kappa shape index (κ1) is 156. The second-order valence-electron chi connectivity index (χ2n) is 47.9. The Bertz CT molecular complexity index is 3120. The Labute approximate surface area is 873 Å². The van der Waals surface area contributed by atoms with Crippen LogP contribution in [0.4, 0.5) is 0 Å². The van der Waals surface area contributed by atoms with Crippen molar-refractivity contribution in [2.24, 2.45) is 11.3 Å². The van der Waals surface area contributed by atoms with E-state index in [0.29, 0.717) is 37.3 Å². The lowest BCUT2D eigenvalue weighted by Crippen LogP contribution is -2.48. The molecule has 0 aliphatic rings. The van der Waals surface area contributed by atoms with Gasteiger partial charge in [-0.1, -0.05) is 151 Å². The van der Waals surface area contributed by atoms with Crippen LogP contribution in [-0.4, -0.2) is 239 Å². The van der Waals surface area contributed by atoms with Gasteiger partial charge in [0, 0.05) is 56.9 Å². The molecule has 0 bridgehead atoms. The number of hydrogen-bond donors (Lipinski definition) is 10. The molecule has 12 atom stereocenters. The average molecular weight is 2040 g/mol. The van der Waals surface area contributed by atoms with E-state index in [1.54, 1.807) is 0 Å². The minimum atomic E-state index is -0.257. The van der Waals surface area contributed by atoms with Crippen LogP contribution >= 0.6 is 0 Å². The van der Waals surface area contributed by atoms with Crippen molar-refractivity contribution in [3.63, 3.8) is 0 Å². The van der Waals surface area contributed by atoms with Crippen molar-refractivity contribution < 1.29 is 95.3 Å². The monoisotopic (exact) mass is 2040 g/mol. The maximum absolute atomic E-state index is 11.9. The van der Waals surface area contributed by atoms with Crippen LogP contribution in [0.2, 0.25) is 0 Å². The number of esters is 10. The van der Waals surface area contributed by atoms with E-state index in [1.807, 2.05) is 346 Å². The fourth-order valence-electron chi connectivity index (χ4n) is 12.4. The van der Waals surface area contributed by atoms with Gasteiger partial charge in [0.05, 0.1) is 49.8 Å². The molecule has 0 fully saturated rings. The van der Waals surface area contributed by atoms with E-state index in [9.17, 15) is 47.9 Å². The minimum Gasteiger partial charge on any atom is -0.465 e. The van der Waals surface area contributed by atoms with Crippen LogP contribution in [0.25, 0.3) is 0 Å². The SMILES string of the molecule is CC(C)C[C@H](NC(C)C)C(=O)OC(C)C.CC(C)OC(=O)[C@H](C)NC(C)(C)C.CCC(CC)OC(=O)[C@H](C)NC(C)C.CCCC(CCC)OC(=O)[C@H](C)NC(C)(C)C.CCC[C@H](NC(C)(C)C)C(=O)OC(C)C.CCOC(=O)[C@H](C)NC(C)(C)C.CC[C@@H](C)OC(=O)[C@H](C)NC(C)(C)C.CC[C@H](C)OC(=O)[C@H](C)NC(C)(C)C.CC[C@H](NC(C)C)C(=O)OC(C)C.C[C@H](NC(C)(C)C)C(=O)OCC(C)(C)C. The van der Waals surface area contributed by atoms with E-state index < -0.39 is 0 Å². The molecule has 852 valence electrons. The van der Waals surface area contributed by atoms with Gasteiger partial charge in [-0.15, -0.1) is 0 Å². The molecule has 0 saturated carbocycles. The van der Waals surface area contributed by atoms with Crippen LogP contribution < -0.4 is 53.2 Å². The molecule has 0 saturated heterocycles. The van der Waals surface area contributed by atoms with Crippen molar-refractivity contribution in [2.45, 2.75) is 645 Å². The summed E-state index contributed by atoms with van der Waals surface area (Å²) >= 11 is 0. The maximum atomic E-state index is 11.9. The molecule has 0 aromatic heterocycles. The zero-order chi connectivity index (χ0) is 115. The summed E-state index contributed by atoms with van der Waals surface area (Å²) in [4.78, 5) is 115. The predicted molar refractivity (Wildman–Crippen MR) is 591 cm³/mol. The van der Waals surface area contributed by atoms with Crippen LogP contribution in [0.15, 0.2) is 0 Å². The molecule has 0 rings (SSSR count). The van der Waals surface area contributed by atoms with Gasteiger partial charge in [-0.3, -0.25) is 85.2 Å². The van der Waals surface area contributed by atoms with E-state index >= 15 is 0 Å². The van der Waals surface area contributed by atoms with Crippen LogP contribution in [-0.2, 0) is 95.3 Å². The predicted octanol–water partition coefficient (Wildman–Crippen LogP) is 21.5. The summed E-state index contributed by atoms with van der Waals surface area (Å²) in [7, 11) is 0. The summed E-state index contributed by atoms with van der Waals surface area (Å²) in [6.07, 6.45) is 10.9. The normalized spacial score (nSPS) is 14.4.